The zero-order chi connectivity index (χ0) is 14.8. The second-order valence-electron chi connectivity index (χ2n) is 7.28. The number of hydrogen-bond donors (Lipinski definition) is 1. The second kappa shape index (κ2) is 6.17. The summed E-state index contributed by atoms with van der Waals surface area (Å²) in [5, 5.41) is 3.59. The van der Waals surface area contributed by atoms with E-state index < -0.39 is 0 Å². The van der Waals surface area contributed by atoms with Gasteiger partial charge in [0.25, 0.3) is 0 Å². The highest BCUT2D eigenvalue weighted by molar-refractivity contribution is 5.36. The fourth-order valence-corrected chi connectivity index (χ4v) is 2.42. The smallest absolute Gasteiger partial charge is 0.119 e. The van der Waals surface area contributed by atoms with Gasteiger partial charge in [0.15, 0.2) is 0 Å². The molecule has 1 saturated carbocycles. The van der Waals surface area contributed by atoms with Crippen LogP contribution >= 0.6 is 0 Å². The van der Waals surface area contributed by atoms with Crippen LogP contribution in [0.1, 0.15) is 57.6 Å². The molecule has 0 spiro atoms. The van der Waals surface area contributed by atoms with Gasteiger partial charge < -0.3 is 10.1 Å². The van der Waals surface area contributed by atoms with Crippen molar-refractivity contribution in [2.45, 2.75) is 59.4 Å². The Hall–Kier alpha value is -1.02. The summed E-state index contributed by atoms with van der Waals surface area (Å²) in [7, 11) is 0. The lowest BCUT2D eigenvalue weighted by atomic mass is 9.94. The molecular formula is C18H29NO. The Morgan fingerprint density at radius 1 is 1.30 bits per heavy atom. The van der Waals surface area contributed by atoms with Crippen molar-refractivity contribution in [2.24, 2.45) is 5.41 Å². The molecule has 0 atom stereocenters. The van der Waals surface area contributed by atoms with Crippen molar-refractivity contribution in [1.29, 1.82) is 0 Å². The standard InChI is InChI=1S/C18H29NO/c1-13(2)17-9-8-16(10-14(17)3)20-12-18(4,5)11-19-15-6-7-15/h8-10,13,15,19H,6-7,11-12H2,1-5H3. The van der Waals surface area contributed by atoms with Crippen molar-refractivity contribution in [2.75, 3.05) is 13.2 Å². The van der Waals surface area contributed by atoms with Gasteiger partial charge in [-0.25, -0.2) is 0 Å². The molecule has 0 aromatic heterocycles. The van der Waals surface area contributed by atoms with Gasteiger partial charge in [-0.1, -0.05) is 33.8 Å². The van der Waals surface area contributed by atoms with E-state index in [2.05, 4.69) is 58.1 Å². The van der Waals surface area contributed by atoms with E-state index in [-0.39, 0.29) is 5.41 Å². The SMILES string of the molecule is Cc1cc(OCC(C)(C)CNC2CC2)ccc1C(C)C. The minimum Gasteiger partial charge on any atom is -0.493 e. The van der Waals surface area contributed by atoms with Gasteiger partial charge in [-0.05, 0) is 48.9 Å². The molecule has 0 saturated heterocycles. The van der Waals surface area contributed by atoms with Gasteiger partial charge in [0.05, 0.1) is 6.61 Å². The zero-order valence-corrected chi connectivity index (χ0v) is 13.6. The highest BCUT2D eigenvalue weighted by Gasteiger charge is 2.25. The predicted molar refractivity (Wildman–Crippen MR) is 85.6 cm³/mol. The Labute approximate surface area is 123 Å². The van der Waals surface area contributed by atoms with Gasteiger partial charge in [-0.3, -0.25) is 0 Å². The summed E-state index contributed by atoms with van der Waals surface area (Å²) in [6, 6.07) is 7.24. The Morgan fingerprint density at radius 2 is 2.00 bits per heavy atom. The van der Waals surface area contributed by atoms with Crippen molar-refractivity contribution in [3.05, 3.63) is 29.3 Å². The molecule has 1 N–H and O–H groups in total. The third kappa shape index (κ3) is 4.52. The molecular weight excluding hydrogens is 246 g/mol. The lowest BCUT2D eigenvalue weighted by molar-refractivity contribution is 0.176. The van der Waals surface area contributed by atoms with Crippen LogP contribution in [-0.2, 0) is 0 Å². The van der Waals surface area contributed by atoms with E-state index in [4.69, 9.17) is 4.74 Å². The molecule has 2 rings (SSSR count). The van der Waals surface area contributed by atoms with Crippen LogP contribution in [-0.4, -0.2) is 19.2 Å². The van der Waals surface area contributed by atoms with Crippen LogP contribution in [0.4, 0.5) is 0 Å². The predicted octanol–water partition coefficient (Wildman–Crippen LogP) is 4.28. The van der Waals surface area contributed by atoms with E-state index in [1.54, 1.807) is 0 Å². The number of ether oxygens (including phenoxy) is 1. The third-order valence-corrected chi connectivity index (χ3v) is 3.94. The summed E-state index contributed by atoms with van der Waals surface area (Å²) in [4.78, 5) is 0. The first-order chi connectivity index (χ1) is 9.37. The van der Waals surface area contributed by atoms with Crippen LogP contribution in [0.15, 0.2) is 18.2 Å². The highest BCUT2D eigenvalue weighted by atomic mass is 16.5. The molecule has 112 valence electrons. The first kappa shape index (κ1) is 15.4. The number of hydrogen-bond acceptors (Lipinski definition) is 2. The average Bonchev–Trinajstić information content (AvgIpc) is 3.18. The second-order valence-corrected chi connectivity index (χ2v) is 7.28. The summed E-state index contributed by atoms with van der Waals surface area (Å²) >= 11 is 0. The molecule has 20 heavy (non-hydrogen) atoms. The lowest BCUT2D eigenvalue weighted by Crippen LogP contribution is -2.35. The largest absolute Gasteiger partial charge is 0.493 e. The number of benzene rings is 1. The maximum absolute atomic E-state index is 6.00. The van der Waals surface area contributed by atoms with Crippen LogP contribution in [0, 0.1) is 12.3 Å². The fraction of sp³-hybridized carbons (Fsp3) is 0.667. The highest BCUT2D eigenvalue weighted by Crippen LogP contribution is 2.26. The number of rotatable bonds is 7. The molecule has 0 unspecified atom stereocenters. The molecule has 0 amide bonds. The maximum Gasteiger partial charge on any atom is 0.119 e. The summed E-state index contributed by atoms with van der Waals surface area (Å²) in [5.41, 5.74) is 2.91. The lowest BCUT2D eigenvalue weighted by Gasteiger charge is -2.25. The van der Waals surface area contributed by atoms with E-state index in [1.165, 1.54) is 24.0 Å². The zero-order valence-electron chi connectivity index (χ0n) is 13.6. The summed E-state index contributed by atoms with van der Waals surface area (Å²) in [6.07, 6.45) is 2.68. The van der Waals surface area contributed by atoms with Crippen molar-refractivity contribution in [1.82, 2.24) is 5.32 Å². The third-order valence-electron chi connectivity index (χ3n) is 3.94. The van der Waals surface area contributed by atoms with Crippen LogP contribution in [0.2, 0.25) is 0 Å². The van der Waals surface area contributed by atoms with Crippen LogP contribution in [0.3, 0.4) is 0 Å². The quantitative estimate of drug-likeness (QED) is 0.802. The molecule has 2 nitrogen and oxygen atoms in total. The minimum absolute atomic E-state index is 0.174. The number of aryl methyl sites for hydroxylation is 1. The Kier molecular flexibility index (Phi) is 4.74. The molecule has 1 aliphatic rings. The summed E-state index contributed by atoms with van der Waals surface area (Å²) in [5.74, 6) is 1.56. The van der Waals surface area contributed by atoms with E-state index in [0.29, 0.717) is 5.92 Å². The molecule has 1 aromatic rings. The molecule has 1 fully saturated rings. The van der Waals surface area contributed by atoms with Crippen molar-refractivity contribution in [3.63, 3.8) is 0 Å². The minimum atomic E-state index is 0.174. The molecule has 0 heterocycles. The van der Waals surface area contributed by atoms with Crippen molar-refractivity contribution < 1.29 is 4.74 Å². The van der Waals surface area contributed by atoms with Gasteiger partial charge in [0.2, 0.25) is 0 Å². The normalized spacial score (nSPS) is 15.7. The van der Waals surface area contributed by atoms with Crippen LogP contribution < -0.4 is 10.1 Å². The first-order valence-corrected chi connectivity index (χ1v) is 7.84. The van der Waals surface area contributed by atoms with Gasteiger partial charge in [0.1, 0.15) is 5.75 Å². The maximum atomic E-state index is 6.00. The van der Waals surface area contributed by atoms with Crippen molar-refractivity contribution >= 4 is 0 Å². The first-order valence-electron chi connectivity index (χ1n) is 7.84. The molecule has 0 bridgehead atoms. The van der Waals surface area contributed by atoms with Gasteiger partial charge in [-0.15, -0.1) is 0 Å². The van der Waals surface area contributed by atoms with Crippen LogP contribution in [0.25, 0.3) is 0 Å². The monoisotopic (exact) mass is 275 g/mol. The molecule has 0 radical (unpaired) electrons. The number of nitrogens with one attached hydrogen (secondary N) is 1. The fourth-order valence-electron chi connectivity index (χ4n) is 2.42. The van der Waals surface area contributed by atoms with Gasteiger partial charge in [-0.2, -0.15) is 0 Å². The van der Waals surface area contributed by atoms with E-state index in [9.17, 15) is 0 Å². The molecule has 2 heteroatoms. The molecule has 1 aliphatic carbocycles. The summed E-state index contributed by atoms with van der Waals surface area (Å²) in [6.45, 7) is 12.9. The van der Waals surface area contributed by atoms with Crippen molar-refractivity contribution in [3.8, 4) is 5.75 Å². The molecule has 1 aromatic carbocycles. The Morgan fingerprint density at radius 3 is 2.55 bits per heavy atom. The van der Waals surface area contributed by atoms with E-state index in [1.807, 2.05) is 0 Å². The van der Waals surface area contributed by atoms with Gasteiger partial charge >= 0.3 is 0 Å². The Balaban J connectivity index is 1.87. The van der Waals surface area contributed by atoms with E-state index >= 15 is 0 Å². The average molecular weight is 275 g/mol. The van der Waals surface area contributed by atoms with Gasteiger partial charge in [0, 0.05) is 18.0 Å². The Bertz CT molecular complexity index is 447. The summed E-state index contributed by atoms with van der Waals surface area (Å²) < 4.78 is 6.00. The van der Waals surface area contributed by atoms with Crippen LogP contribution in [0.5, 0.6) is 5.75 Å². The topological polar surface area (TPSA) is 21.3 Å². The molecule has 0 aliphatic heterocycles. The van der Waals surface area contributed by atoms with E-state index in [0.717, 1.165) is 24.9 Å².